The average molecular weight is 294 g/mol. The van der Waals surface area contributed by atoms with Crippen molar-refractivity contribution in [3.05, 3.63) is 83.0 Å². The minimum Gasteiger partial charge on any atom is -0.493 e. The van der Waals surface area contributed by atoms with E-state index in [4.69, 9.17) is 5.73 Å². The van der Waals surface area contributed by atoms with E-state index < -0.39 is 0 Å². The molecule has 0 aromatic carbocycles. The molecule has 0 atom stereocenters. The van der Waals surface area contributed by atoms with Crippen molar-refractivity contribution in [1.29, 1.82) is 0 Å². The highest BCUT2D eigenvalue weighted by molar-refractivity contribution is 5.98. The maximum absolute atomic E-state index is 9.59. The van der Waals surface area contributed by atoms with E-state index >= 15 is 0 Å². The van der Waals surface area contributed by atoms with Gasteiger partial charge in [0.2, 0.25) is 5.88 Å². The number of aliphatic hydroxyl groups is 1. The summed E-state index contributed by atoms with van der Waals surface area (Å²) in [5.74, 6) is 0.0228. The molecule has 0 saturated carbocycles. The number of hydrogen-bond donors (Lipinski definition) is 2. The number of nitrogens with zero attached hydrogens (tertiary/aromatic N) is 1. The van der Waals surface area contributed by atoms with Crippen molar-refractivity contribution in [2.75, 3.05) is 0 Å². The van der Waals surface area contributed by atoms with E-state index in [1.54, 1.807) is 19.2 Å². The van der Waals surface area contributed by atoms with E-state index in [1.165, 1.54) is 11.1 Å². The molecule has 0 aromatic rings. The Morgan fingerprint density at radius 2 is 2.14 bits per heavy atom. The van der Waals surface area contributed by atoms with Crippen LogP contribution in [0, 0.1) is 0 Å². The van der Waals surface area contributed by atoms with Gasteiger partial charge in [0, 0.05) is 12.1 Å². The van der Waals surface area contributed by atoms with Gasteiger partial charge < -0.3 is 10.8 Å². The Balaban J connectivity index is 2.34. The Bertz CT molecular complexity index is 677. The van der Waals surface area contributed by atoms with Crippen molar-refractivity contribution in [3.63, 3.8) is 0 Å². The highest BCUT2D eigenvalue weighted by atomic mass is 16.3. The van der Waals surface area contributed by atoms with E-state index in [9.17, 15) is 5.11 Å². The molecular formula is C19H22N2O. The molecule has 0 aliphatic heterocycles. The van der Waals surface area contributed by atoms with E-state index in [0.29, 0.717) is 6.42 Å². The van der Waals surface area contributed by atoms with Crippen LogP contribution < -0.4 is 5.73 Å². The Labute approximate surface area is 131 Å². The van der Waals surface area contributed by atoms with E-state index in [2.05, 4.69) is 42.3 Å². The molecule has 3 nitrogen and oxygen atoms in total. The molecule has 0 radical (unpaired) electrons. The molecule has 3 N–H and O–H groups in total. The largest absolute Gasteiger partial charge is 0.493 e. The second-order valence-corrected chi connectivity index (χ2v) is 5.30. The molecule has 0 amide bonds. The molecule has 0 bridgehead atoms. The summed E-state index contributed by atoms with van der Waals surface area (Å²) in [7, 11) is 0. The highest BCUT2D eigenvalue weighted by Crippen LogP contribution is 2.25. The first-order chi connectivity index (χ1) is 10.6. The summed E-state index contributed by atoms with van der Waals surface area (Å²) >= 11 is 0. The normalized spacial score (nSPS) is 23.0. The molecule has 3 heteroatoms. The maximum Gasteiger partial charge on any atom is 0.206 e. The standard InChI is InChI=1S/C19H22N2O/c1-3-19(22)21-18-10-9-17(11-15(12-18)13-20)16-6-4-5-14(2)7-8-16/h3-7,9-11,13,22H,8,12,20H2,1-2H3/b15-13-,19-3+,21-18-. The summed E-state index contributed by atoms with van der Waals surface area (Å²) in [5.41, 5.74) is 11.1. The van der Waals surface area contributed by atoms with Crippen molar-refractivity contribution >= 4 is 5.71 Å². The summed E-state index contributed by atoms with van der Waals surface area (Å²) in [4.78, 5) is 4.19. The zero-order valence-electron chi connectivity index (χ0n) is 13.1. The summed E-state index contributed by atoms with van der Waals surface area (Å²) in [6, 6.07) is 0. The lowest BCUT2D eigenvalue weighted by Crippen LogP contribution is -1.97. The third-order valence-electron chi connectivity index (χ3n) is 3.58. The van der Waals surface area contributed by atoms with Crippen molar-refractivity contribution in [1.82, 2.24) is 0 Å². The Morgan fingerprint density at radius 3 is 2.86 bits per heavy atom. The lowest BCUT2D eigenvalue weighted by Gasteiger charge is -2.05. The Morgan fingerprint density at radius 1 is 1.32 bits per heavy atom. The van der Waals surface area contributed by atoms with Crippen LogP contribution in [0.2, 0.25) is 0 Å². The van der Waals surface area contributed by atoms with E-state index in [1.807, 2.05) is 12.2 Å². The zero-order chi connectivity index (χ0) is 15.9. The van der Waals surface area contributed by atoms with Crippen molar-refractivity contribution in [3.8, 4) is 0 Å². The van der Waals surface area contributed by atoms with Crippen LogP contribution in [0.4, 0.5) is 0 Å². The summed E-state index contributed by atoms with van der Waals surface area (Å²) in [6.07, 6.45) is 19.2. The topological polar surface area (TPSA) is 58.6 Å². The first-order valence-electron chi connectivity index (χ1n) is 7.40. The number of nitrogens with two attached hydrogens (primary N) is 1. The molecule has 0 saturated heterocycles. The van der Waals surface area contributed by atoms with Gasteiger partial charge in [0.1, 0.15) is 0 Å². The van der Waals surface area contributed by atoms with Crippen LogP contribution in [-0.4, -0.2) is 10.8 Å². The van der Waals surface area contributed by atoms with Crippen molar-refractivity contribution < 1.29 is 5.11 Å². The summed E-state index contributed by atoms with van der Waals surface area (Å²) < 4.78 is 0. The zero-order valence-corrected chi connectivity index (χ0v) is 13.1. The number of allylic oxidation sites excluding steroid dienone is 12. The van der Waals surface area contributed by atoms with Crippen LogP contribution in [0.3, 0.4) is 0 Å². The van der Waals surface area contributed by atoms with Crippen LogP contribution in [0.25, 0.3) is 0 Å². The van der Waals surface area contributed by atoms with Crippen LogP contribution in [0.15, 0.2) is 88.0 Å². The Kier molecular flexibility index (Phi) is 5.37. The van der Waals surface area contributed by atoms with E-state index in [-0.39, 0.29) is 5.88 Å². The van der Waals surface area contributed by atoms with Crippen molar-refractivity contribution in [2.24, 2.45) is 10.7 Å². The van der Waals surface area contributed by atoms with Gasteiger partial charge in [-0.25, -0.2) is 4.99 Å². The average Bonchev–Trinajstić information content (AvgIpc) is 2.85. The smallest absolute Gasteiger partial charge is 0.206 e. The summed E-state index contributed by atoms with van der Waals surface area (Å²) in [6.45, 7) is 3.85. The SMILES string of the molecule is C/C=C(O)\N=C1\C=CC(C2=CC=CC(C)=CC2)=C/C(=C/N)C1. The van der Waals surface area contributed by atoms with Gasteiger partial charge in [-0.1, -0.05) is 36.0 Å². The molecule has 0 heterocycles. The van der Waals surface area contributed by atoms with Gasteiger partial charge in [0.15, 0.2) is 0 Å². The van der Waals surface area contributed by atoms with Gasteiger partial charge in [0.05, 0.1) is 0 Å². The number of rotatable bonds is 2. The number of aliphatic imine (C=N–C) groups is 1. The molecular weight excluding hydrogens is 272 g/mol. The maximum atomic E-state index is 9.59. The quantitative estimate of drug-likeness (QED) is 0.741. The molecule has 22 heavy (non-hydrogen) atoms. The van der Waals surface area contributed by atoms with Crippen molar-refractivity contribution in [2.45, 2.75) is 26.7 Å². The minimum atomic E-state index is 0.0228. The lowest BCUT2D eigenvalue weighted by atomic mass is 10.0. The molecule has 2 aliphatic rings. The number of aliphatic hydroxyl groups excluding tert-OH is 1. The van der Waals surface area contributed by atoms with E-state index in [0.717, 1.165) is 23.3 Å². The van der Waals surface area contributed by atoms with Gasteiger partial charge in [-0.05, 0) is 61.4 Å². The first-order valence-corrected chi connectivity index (χ1v) is 7.40. The molecule has 0 spiro atoms. The third-order valence-corrected chi connectivity index (χ3v) is 3.58. The first kappa shape index (κ1) is 15.8. The second-order valence-electron chi connectivity index (χ2n) is 5.30. The van der Waals surface area contributed by atoms with Crippen LogP contribution in [0.5, 0.6) is 0 Å². The number of hydrogen-bond acceptors (Lipinski definition) is 3. The fourth-order valence-corrected chi connectivity index (χ4v) is 2.29. The molecule has 114 valence electrons. The van der Waals surface area contributed by atoms with Crippen LogP contribution in [0.1, 0.15) is 26.7 Å². The fraction of sp³-hybridized carbons (Fsp3) is 0.211. The van der Waals surface area contributed by atoms with Crippen LogP contribution in [-0.2, 0) is 0 Å². The predicted molar refractivity (Wildman–Crippen MR) is 93.5 cm³/mol. The third kappa shape index (κ3) is 4.22. The monoisotopic (exact) mass is 294 g/mol. The van der Waals surface area contributed by atoms with Gasteiger partial charge in [0.25, 0.3) is 0 Å². The van der Waals surface area contributed by atoms with Gasteiger partial charge >= 0.3 is 0 Å². The van der Waals surface area contributed by atoms with Gasteiger partial charge in [-0.2, -0.15) is 0 Å². The highest BCUT2D eigenvalue weighted by Gasteiger charge is 2.10. The van der Waals surface area contributed by atoms with Crippen LogP contribution >= 0.6 is 0 Å². The molecule has 0 aromatic heterocycles. The van der Waals surface area contributed by atoms with Gasteiger partial charge in [-0.15, -0.1) is 0 Å². The lowest BCUT2D eigenvalue weighted by molar-refractivity contribution is 0.406. The second kappa shape index (κ2) is 7.46. The minimum absolute atomic E-state index is 0.0228. The predicted octanol–water partition coefficient (Wildman–Crippen LogP) is 4.41. The fourth-order valence-electron chi connectivity index (χ4n) is 2.29. The molecule has 2 rings (SSSR count). The van der Waals surface area contributed by atoms with Gasteiger partial charge in [-0.3, -0.25) is 0 Å². The summed E-state index contributed by atoms with van der Waals surface area (Å²) in [5, 5.41) is 9.59. The Hall–Kier alpha value is -2.55. The molecule has 0 fully saturated rings. The molecule has 2 aliphatic carbocycles. The molecule has 0 unspecified atom stereocenters.